The second-order valence-corrected chi connectivity index (χ2v) is 5.11. The molecule has 0 saturated heterocycles. The number of hydrogen-bond acceptors (Lipinski definition) is 2. The lowest BCUT2D eigenvalue weighted by molar-refractivity contribution is 0.133. The molecule has 18 heavy (non-hydrogen) atoms. The zero-order chi connectivity index (χ0) is 13.1. The molecule has 1 aliphatic rings. The minimum Gasteiger partial charge on any atom is -0.396 e. The molecule has 0 heterocycles. The molecule has 2 N–H and O–H groups in total. The second kappa shape index (κ2) is 10.2. The Bertz CT molecular complexity index is 279. The monoisotopic (exact) mass is 250 g/mol. The molecule has 102 valence electrons. The summed E-state index contributed by atoms with van der Waals surface area (Å²) in [6.07, 6.45) is 13.6. The summed E-state index contributed by atoms with van der Waals surface area (Å²) < 4.78 is 0. The zero-order valence-corrected chi connectivity index (χ0v) is 11.3. The van der Waals surface area contributed by atoms with E-state index in [9.17, 15) is 5.11 Å². The first-order valence-electron chi connectivity index (χ1n) is 7.29. The van der Waals surface area contributed by atoms with E-state index in [1.807, 2.05) is 6.08 Å². The van der Waals surface area contributed by atoms with Crippen LogP contribution in [-0.4, -0.2) is 22.9 Å². The standard InChI is InChI=1S/C16H26O2/c17-14-10-5-3-1-2-4-9-13-16(18)15-11-7-6-8-12-15/h2,4,15-18H,1,3,5-8,10-12,14H2/b4-2-. The van der Waals surface area contributed by atoms with Crippen molar-refractivity contribution < 1.29 is 10.2 Å². The Morgan fingerprint density at radius 2 is 1.89 bits per heavy atom. The molecule has 1 saturated carbocycles. The summed E-state index contributed by atoms with van der Waals surface area (Å²) in [5.74, 6) is 6.27. The van der Waals surface area contributed by atoms with Crippen molar-refractivity contribution in [2.45, 2.75) is 63.9 Å². The van der Waals surface area contributed by atoms with Crippen LogP contribution in [0, 0.1) is 17.8 Å². The molecule has 1 atom stereocenters. The van der Waals surface area contributed by atoms with E-state index in [-0.39, 0.29) is 6.61 Å². The molecule has 1 aliphatic carbocycles. The summed E-state index contributed by atoms with van der Waals surface area (Å²) in [5.41, 5.74) is 0. The van der Waals surface area contributed by atoms with Gasteiger partial charge in [0.1, 0.15) is 6.10 Å². The fourth-order valence-corrected chi connectivity index (χ4v) is 2.39. The van der Waals surface area contributed by atoms with Crippen LogP contribution in [0.2, 0.25) is 0 Å². The Hall–Kier alpha value is -0.780. The summed E-state index contributed by atoms with van der Waals surface area (Å²) in [6, 6.07) is 0. The number of unbranched alkanes of at least 4 members (excludes halogenated alkanes) is 3. The lowest BCUT2D eigenvalue weighted by Gasteiger charge is -2.23. The molecule has 0 amide bonds. The molecule has 1 unspecified atom stereocenters. The van der Waals surface area contributed by atoms with Crippen molar-refractivity contribution in [1.82, 2.24) is 0 Å². The van der Waals surface area contributed by atoms with Gasteiger partial charge in [-0.3, -0.25) is 0 Å². The van der Waals surface area contributed by atoms with Crippen molar-refractivity contribution in [3.8, 4) is 11.8 Å². The molecule has 0 radical (unpaired) electrons. The van der Waals surface area contributed by atoms with Crippen LogP contribution in [0.1, 0.15) is 57.8 Å². The van der Waals surface area contributed by atoms with E-state index in [2.05, 4.69) is 17.9 Å². The van der Waals surface area contributed by atoms with Gasteiger partial charge in [-0.1, -0.05) is 43.6 Å². The first-order chi connectivity index (χ1) is 8.84. The zero-order valence-electron chi connectivity index (χ0n) is 11.3. The maximum Gasteiger partial charge on any atom is 0.117 e. The summed E-state index contributed by atoms with van der Waals surface area (Å²) in [7, 11) is 0. The third-order valence-electron chi connectivity index (χ3n) is 3.56. The SMILES string of the molecule is OCCCCC/C=C\C#CC(O)C1CCCCC1. The number of aliphatic hydroxyl groups is 2. The van der Waals surface area contributed by atoms with E-state index >= 15 is 0 Å². The van der Waals surface area contributed by atoms with Crippen LogP contribution >= 0.6 is 0 Å². The molecule has 0 spiro atoms. The van der Waals surface area contributed by atoms with Crippen molar-refractivity contribution in [3.05, 3.63) is 12.2 Å². The third kappa shape index (κ3) is 6.83. The second-order valence-electron chi connectivity index (χ2n) is 5.11. The van der Waals surface area contributed by atoms with E-state index in [1.165, 1.54) is 19.3 Å². The number of aliphatic hydroxyl groups excluding tert-OH is 2. The highest BCUT2D eigenvalue weighted by Crippen LogP contribution is 2.26. The van der Waals surface area contributed by atoms with Gasteiger partial charge in [0.15, 0.2) is 0 Å². The van der Waals surface area contributed by atoms with Gasteiger partial charge in [-0.2, -0.15) is 0 Å². The van der Waals surface area contributed by atoms with Crippen LogP contribution in [-0.2, 0) is 0 Å². The molecule has 2 nitrogen and oxygen atoms in total. The van der Waals surface area contributed by atoms with Gasteiger partial charge in [-0.25, -0.2) is 0 Å². The van der Waals surface area contributed by atoms with Crippen LogP contribution < -0.4 is 0 Å². The first-order valence-corrected chi connectivity index (χ1v) is 7.29. The molecule has 0 aromatic carbocycles. The summed E-state index contributed by atoms with van der Waals surface area (Å²) in [4.78, 5) is 0. The minimum atomic E-state index is -0.440. The number of allylic oxidation sites excluding steroid dienone is 2. The average molecular weight is 250 g/mol. The largest absolute Gasteiger partial charge is 0.396 e. The lowest BCUT2D eigenvalue weighted by Crippen LogP contribution is -2.20. The van der Waals surface area contributed by atoms with Gasteiger partial charge in [0, 0.05) is 6.61 Å². The van der Waals surface area contributed by atoms with Gasteiger partial charge in [0.2, 0.25) is 0 Å². The van der Waals surface area contributed by atoms with Crippen LogP contribution in [0.4, 0.5) is 0 Å². The normalized spacial score (nSPS) is 18.6. The summed E-state index contributed by atoms with van der Waals surface area (Å²) in [5, 5.41) is 18.5. The van der Waals surface area contributed by atoms with Crippen LogP contribution in [0.5, 0.6) is 0 Å². The van der Waals surface area contributed by atoms with Crippen LogP contribution in [0.25, 0.3) is 0 Å². The van der Waals surface area contributed by atoms with Gasteiger partial charge in [0.05, 0.1) is 0 Å². The Labute approximate surface area is 111 Å². The predicted molar refractivity (Wildman–Crippen MR) is 75.1 cm³/mol. The fraction of sp³-hybridized carbons (Fsp3) is 0.750. The summed E-state index contributed by atoms with van der Waals surface area (Å²) >= 11 is 0. The van der Waals surface area contributed by atoms with Gasteiger partial charge < -0.3 is 10.2 Å². The maximum atomic E-state index is 9.91. The van der Waals surface area contributed by atoms with Gasteiger partial charge in [0.25, 0.3) is 0 Å². The Kier molecular flexibility index (Phi) is 8.63. The molecular formula is C16H26O2. The van der Waals surface area contributed by atoms with Crippen molar-refractivity contribution in [1.29, 1.82) is 0 Å². The molecule has 0 aromatic rings. The molecule has 1 rings (SSSR count). The van der Waals surface area contributed by atoms with E-state index in [1.54, 1.807) is 0 Å². The molecule has 0 aromatic heterocycles. The third-order valence-corrected chi connectivity index (χ3v) is 3.56. The fourth-order valence-electron chi connectivity index (χ4n) is 2.39. The van der Waals surface area contributed by atoms with Crippen molar-refractivity contribution in [3.63, 3.8) is 0 Å². The van der Waals surface area contributed by atoms with Crippen molar-refractivity contribution in [2.75, 3.05) is 6.61 Å². The van der Waals surface area contributed by atoms with Crippen molar-refractivity contribution in [2.24, 2.45) is 5.92 Å². The minimum absolute atomic E-state index is 0.289. The lowest BCUT2D eigenvalue weighted by atomic mass is 9.85. The number of rotatable bonds is 6. The van der Waals surface area contributed by atoms with Gasteiger partial charge in [-0.05, 0) is 44.1 Å². The van der Waals surface area contributed by atoms with Crippen LogP contribution in [0.15, 0.2) is 12.2 Å². The smallest absolute Gasteiger partial charge is 0.117 e. The van der Waals surface area contributed by atoms with Crippen molar-refractivity contribution >= 4 is 0 Å². The molecule has 0 aliphatic heterocycles. The highest BCUT2D eigenvalue weighted by atomic mass is 16.3. The van der Waals surface area contributed by atoms with E-state index in [0.717, 1.165) is 38.5 Å². The highest BCUT2D eigenvalue weighted by Gasteiger charge is 2.19. The van der Waals surface area contributed by atoms with Crippen LogP contribution in [0.3, 0.4) is 0 Å². The average Bonchev–Trinajstić information content (AvgIpc) is 2.42. The van der Waals surface area contributed by atoms with E-state index in [0.29, 0.717) is 5.92 Å². The maximum absolute atomic E-state index is 9.91. The Balaban J connectivity index is 2.13. The molecule has 2 heteroatoms. The predicted octanol–water partition coefficient (Wildman–Crippen LogP) is 3.04. The molecule has 1 fully saturated rings. The van der Waals surface area contributed by atoms with Gasteiger partial charge in [-0.15, -0.1) is 0 Å². The van der Waals surface area contributed by atoms with E-state index in [4.69, 9.17) is 5.11 Å². The highest BCUT2D eigenvalue weighted by molar-refractivity contribution is 5.18. The van der Waals surface area contributed by atoms with Gasteiger partial charge >= 0.3 is 0 Å². The molecule has 0 bridgehead atoms. The number of hydrogen-bond donors (Lipinski definition) is 2. The topological polar surface area (TPSA) is 40.5 Å². The quantitative estimate of drug-likeness (QED) is 0.562. The molecular weight excluding hydrogens is 224 g/mol. The summed E-state index contributed by atoms with van der Waals surface area (Å²) in [6.45, 7) is 0.289. The Morgan fingerprint density at radius 3 is 2.61 bits per heavy atom. The van der Waals surface area contributed by atoms with E-state index < -0.39 is 6.10 Å². The Morgan fingerprint density at radius 1 is 1.11 bits per heavy atom. The first kappa shape index (κ1) is 15.3.